The molecule has 2 aromatic carbocycles. The first-order valence-electron chi connectivity index (χ1n) is 12.1. The van der Waals surface area contributed by atoms with Crippen LogP contribution in [0.25, 0.3) is 0 Å². The summed E-state index contributed by atoms with van der Waals surface area (Å²) in [6.07, 6.45) is 2.78. The maximum atomic E-state index is 13.1. The van der Waals surface area contributed by atoms with E-state index in [1.54, 1.807) is 18.2 Å². The van der Waals surface area contributed by atoms with E-state index >= 15 is 0 Å². The number of amides is 1. The summed E-state index contributed by atoms with van der Waals surface area (Å²) in [5.41, 5.74) is 2.75. The highest BCUT2D eigenvalue weighted by Crippen LogP contribution is 2.36. The van der Waals surface area contributed by atoms with Crippen LogP contribution in [0.3, 0.4) is 0 Å². The zero-order valence-electron chi connectivity index (χ0n) is 21.0. The van der Waals surface area contributed by atoms with Crippen LogP contribution in [0.5, 0.6) is 0 Å². The summed E-state index contributed by atoms with van der Waals surface area (Å²) in [7, 11) is 0. The second kappa shape index (κ2) is 11.8. The largest absolute Gasteiger partial charge is 0.458 e. The predicted octanol–water partition coefficient (Wildman–Crippen LogP) is 6.48. The van der Waals surface area contributed by atoms with Gasteiger partial charge in [-0.25, -0.2) is 9.59 Å². The quantitative estimate of drug-likeness (QED) is 0.404. The summed E-state index contributed by atoms with van der Waals surface area (Å²) in [6, 6.07) is 10.2. The van der Waals surface area contributed by atoms with Gasteiger partial charge < -0.3 is 14.8 Å². The number of ether oxygens (including phenoxy) is 2. The normalized spacial score (nSPS) is 19.8. The SMILES string of the molecule is Cc1cc(NC(=O)COC(=O)c2ccccc2C(=O)O[C@@H]2C[C@H](C)CC[C@H]2C(C)C)c(C)cc1Br. The van der Waals surface area contributed by atoms with Crippen LogP contribution in [0.4, 0.5) is 5.69 Å². The number of rotatable bonds is 7. The topological polar surface area (TPSA) is 81.7 Å². The summed E-state index contributed by atoms with van der Waals surface area (Å²) >= 11 is 3.46. The molecule has 3 atom stereocenters. The van der Waals surface area contributed by atoms with Gasteiger partial charge >= 0.3 is 11.9 Å². The molecule has 188 valence electrons. The van der Waals surface area contributed by atoms with Crippen molar-refractivity contribution in [1.29, 1.82) is 0 Å². The van der Waals surface area contributed by atoms with Gasteiger partial charge in [0.25, 0.3) is 5.91 Å². The van der Waals surface area contributed by atoms with Gasteiger partial charge in [0.1, 0.15) is 6.10 Å². The Labute approximate surface area is 215 Å². The van der Waals surface area contributed by atoms with Crippen LogP contribution in [0, 0.1) is 31.6 Å². The highest BCUT2D eigenvalue weighted by molar-refractivity contribution is 9.10. The standard InChI is InChI=1S/C28H34BrNO5/c1-16(2)20-11-10-17(3)12-25(20)35-28(33)22-9-7-6-8-21(22)27(32)34-15-26(31)30-24-14-18(4)23(29)13-19(24)5/h6-9,13-14,16-17,20,25H,10-12,15H2,1-5H3,(H,30,31)/t17-,20+,25-/m1/s1. The van der Waals surface area contributed by atoms with Crippen molar-refractivity contribution >= 4 is 39.5 Å². The van der Waals surface area contributed by atoms with Crippen molar-refractivity contribution in [3.8, 4) is 0 Å². The van der Waals surface area contributed by atoms with E-state index in [4.69, 9.17) is 9.47 Å². The Balaban J connectivity index is 1.65. The average molecular weight is 544 g/mol. The van der Waals surface area contributed by atoms with E-state index in [0.717, 1.165) is 34.9 Å². The molecule has 0 saturated heterocycles. The molecule has 0 aliphatic heterocycles. The fourth-order valence-electron chi connectivity index (χ4n) is 4.60. The number of hydrogen-bond acceptors (Lipinski definition) is 5. The molecule has 1 fully saturated rings. The van der Waals surface area contributed by atoms with Crippen LogP contribution < -0.4 is 5.32 Å². The molecule has 0 aromatic heterocycles. The van der Waals surface area contributed by atoms with E-state index in [-0.39, 0.29) is 17.2 Å². The Morgan fingerprint density at radius 2 is 1.69 bits per heavy atom. The number of aryl methyl sites for hydroxylation is 2. The first kappa shape index (κ1) is 26.9. The molecule has 0 heterocycles. The van der Waals surface area contributed by atoms with Crippen molar-refractivity contribution in [2.45, 2.75) is 60.0 Å². The van der Waals surface area contributed by atoms with Crippen LogP contribution in [-0.2, 0) is 14.3 Å². The van der Waals surface area contributed by atoms with Gasteiger partial charge in [-0.2, -0.15) is 0 Å². The predicted molar refractivity (Wildman–Crippen MR) is 140 cm³/mol. The molecule has 1 amide bonds. The average Bonchev–Trinajstić information content (AvgIpc) is 2.80. The number of nitrogens with one attached hydrogen (secondary N) is 1. The third-order valence-electron chi connectivity index (χ3n) is 6.70. The number of esters is 2. The van der Waals surface area contributed by atoms with E-state index < -0.39 is 24.5 Å². The smallest absolute Gasteiger partial charge is 0.339 e. The van der Waals surface area contributed by atoms with Crippen molar-refractivity contribution in [2.24, 2.45) is 17.8 Å². The van der Waals surface area contributed by atoms with Gasteiger partial charge in [0, 0.05) is 10.2 Å². The molecule has 0 radical (unpaired) electrons. The summed E-state index contributed by atoms with van der Waals surface area (Å²) in [6.45, 7) is 9.80. The Morgan fingerprint density at radius 1 is 1.03 bits per heavy atom. The maximum Gasteiger partial charge on any atom is 0.339 e. The summed E-state index contributed by atoms with van der Waals surface area (Å²) in [5, 5.41) is 2.77. The number of anilines is 1. The number of benzene rings is 2. The number of halogens is 1. The molecule has 0 bridgehead atoms. The van der Waals surface area contributed by atoms with Crippen LogP contribution >= 0.6 is 15.9 Å². The summed E-state index contributed by atoms with van der Waals surface area (Å²) in [4.78, 5) is 38.3. The zero-order valence-corrected chi connectivity index (χ0v) is 22.6. The fraction of sp³-hybridized carbons (Fsp3) is 0.464. The van der Waals surface area contributed by atoms with Crippen LogP contribution in [-0.4, -0.2) is 30.6 Å². The van der Waals surface area contributed by atoms with Crippen LogP contribution in [0.15, 0.2) is 40.9 Å². The molecule has 2 aromatic rings. The molecule has 1 aliphatic rings. The van der Waals surface area contributed by atoms with E-state index in [0.29, 0.717) is 23.4 Å². The molecule has 35 heavy (non-hydrogen) atoms. The first-order valence-corrected chi connectivity index (χ1v) is 12.9. The Hall–Kier alpha value is -2.67. The van der Waals surface area contributed by atoms with Crippen LogP contribution in [0.2, 0.25) is 0 Å². The van der Waals surface area contributed by atoms with Gasteiger partial charge in [-0.3, -0.25) is 4.79 Å². The van der Waals surface area contributed by atoms with Gasteiger partial charge in [-0.1, -0.05) is 55.3 Å². The lowest BCUT2D eigenvalue weighted by Gasteiger charge is -2.36. The summed E-state index contributed by atoms with van der Waals surface area (Å²) < 4.78 is 12.1. The monoisotopic (exact) mass is 543 g/mol. The molecule has 0 unspecified atom stereocenters. The third-order valence-corrected chi connectivity index (χ3v) is 7.56. The third kappa shape index (κ3) is 6.94. The minimum absolute atomic E-state index is 0.0888. The fourth-order valence-corrected chi connectivity index (χ4v) is 5.06. The van der Waals surface area contributed by atoms with E-state index in [2.05, 4.69) is 42.0 Å². The highest BCUT2D eigenvalue weighted by Gasteiger charge is 2.34. The van der Waals surface area contributed by atoms with Crippen molar-refractivity contribution in [3.63, 3.8) is 0 Å². The lowest BCUT2D eigenvalue weighted by molar-refractivity contribution is -0.119. The van der Waals surface area contributed by atoms with Gasteiger partial charge in [-0.15, -0.1) is 0 Å². The summed E-state index contributed by atoms with van der Waals surface area (Å²) in [5.74, 6) is -0.554. The molecular formula is C28H34BrNO5. The maximum absolute atomic E-state index is 13.1. The van der Waals surface area contributed by atoms with Crippen molar-refractivity contribution in [1.82, 2.24) is 0 Å². The van der Waals surface area contributed by atoms with Gasteiger partial charge in [0.05, 0.1) is 11.1 Å². The second-order valence-corrected chi connectivity index (χ2v) is 10.7. The number of carbonyl (C=O) groups excluding carboxylic acids is 3. The Morgan fingerprint density at radius 3 is 2.34 bits per heavy atom. The minimum Gasteiger partial charge on any atom is -0.458 e. The van der Waals surface area contributed by atoms with Gasteiger partial charge in [0.2, 0.25) is 0 Å². The van der Waals surface area contributed by atoms with Gasteiger partial charge in [-0.05, 0) is 79.8 Å². The molecule has 3 rings (SSSR count). The van der Waals surface area contributed by atoms with Crippen molar-refractivity contribution in [3.05, 3.63) is 63.1 Å². The van der Waals surface area contributed by atoms with Crippen molar-refractivity contribution < 1.29 is 23.9 Å². The van der Waals surface area contributed by atoms with E-state index in [1.807, 2.05) is 26.0 Å². The molecule has 1 N–H and O–H groups in total. The van der Waals surface area contributed by atoms with Crippen LogP contribution in [0.1, 0.15) is 71.9 Å². The van der Waals surface area contributed by atoms with E-state index in [1.165, 1.54) is 6.07 Å². The van der Waals surface area contributed by atoms with Gasteiger partial charge in [0.15, 0.2) is 6.61 Å². The molecule has 1 aliphatic carbocycles. The molecule has 6 nitrogen and oxygen atoms in total. The van der Waals surface area contributed by atoms with E-state index in [9.17, 15) is 14.4 Å². The molecular weight excluding hydrogens is 510 g/mol. The first-order chi connectivity index (χ1) is 16.6. The highest BCUT2D eigenvalue weighted by atomic mass is 79.9. The molecule has 7 heteroatoms. The lowest BCUT2D eigenvalue weighted by Crippen LogP contribution is -2.36. The zero-order chi connectivity index (χ0) is 25.7. The Bertz CT molecular complexity index is 1100. The Kier molecular flexibility index (Phi) is 9.11. The molecule has 1 saturated carbocycles. The minimum atomic E-state index is -0.742. The number of hydrogen-bond donors (Lipinski definition) is 1. The van der Waals surface area contributed by atoms with Crippen molar-refractivity contribution in [2.75, 3.05) is 11.9 Å². The number of carbonyl (C=O) groups is 3. The lowest BCUT2D eigenvalue weighted by atomic mass is 9.75. The second-order valence-electron chi connectivity index (χ2n) is 9.86. The molecule has 0 spiro atoms.